The molecule has 3 aromatic rings. The van der Waals surface area contributed by atoms with E-state index in [1.807, 2.05) is 0 Å². The number of nitrogens with one attached hydrogen (secondary N) is 2. The fourth-order valence-electron chi connectivity index (χ4n) is 2.48. The van der Waals surface area contributed by atoms with Crippen molar-refractivity contribution in [3.63, 3.8) is 0 Å². The highest BCUT2D eigenvalue weighted by atomic mass is 19.1. The van der Waals surface area contributed by atoms with E-state index in [4.69, 9.17) is 4.74 Å². The van der Waals surface area contributed by atoms with Crippen LogP contribution in [0.1, 0.15) is 11.4 Å². The van der Waals surface area contributed by atoms with Crippen LogP contribution in [0.3, 0.4) is 0 Å². The minimum absolute atomic E-state index is 0.0672. The highest BCUT2D eigenvalue weighted by Gasteiger charge is 2.21. The van der Waals surface area contributed by atoms with Crippen molar-refractivity contribution in [2.45, 2.75) is 0 Å². The molecule has 158 valence electrons. The molecule has 0 saturated carbocycles. The first-order chi connectivity index (χ1) is 14.8. The van der Waals surface area contributed by atoms with E-state index < -0.39 is 33.8 Å². The molecule has 10 nitrogen and oxygen atoms in total. The van der Waals surface area contributed by atoms with Gasteiger partial charge in [-0.2, -0.15) is 4.98 Å². The molecule has 0 spiro atoms. The van der Waals surface area contributed by atoms with Crippen molar-refractivity contribution < 1.29 is 24.0 Å². The summed E-state index contributed by atoms with van der Waals surface area (Å²) < 4.78 is 18.5. The second-order valence-electron chi connectivity index (χ2n) is 6.13. The first kappa shape index (κ1) is 21.2. The van der Waals surface area contributed by atoms with Crippen LogP contribution in [0, 0.1) is 15.9 Å². The quantitative estimate of drug-likeness (QED) is 0.389. The molecule has 11 heteroatoms. The number of amides is 1. The molecule has 3 N–H and O–H groups in total. The standard InChI is InChI=1S/C20H15FN4O6/c21-13-2-1-3-14(10-13)22-17(26)11-31-15-7-4-12(5-8-15)6-9-16-23-19(27)18(25(29)30)20(28)24-16/h1-10H,11H2,(H,22,26)(H2,23,24,27,28)/b9-6+. The third-order valence-corrected chi connectivity index (χ3v) is 3.87. The van der Waals surface area contributed by atoms with Gasteiger partial charge in [-0.25, -0.2) is 4.39 Å². The first-order valence-electron chi connectivity index (χ1n) is 8.76. The Morgan fingerprint density at radius 1 is 1.26 bits per heavy atom. The summed E-state index contributed by atoms with van der Waals surface area (Å²) in [6.07, 6.45) is 2.90. The van der Waals surface area contributed by atoms with Crippen LogP contribution in [0.25, 0.3) is 12.2 Å². The molecule has 1 amide bonds. The van der Waals surface area contributed by atoms with Gasteiger partial charge in [-0.3, -0.25) is 19.7 Å². The number of rotatable bonds is 7. The number of H-pyrrole nitrogens is 1. The number of carbonyl (C=O) groups excluding carboxylic acids is 1. The van der Waals surface area contributed by atoms with Crippen LogP contribution in [-0.2, 0) is 4.79 Å². The molecular weight excluding hydrogens is 411 g/mol. The Labute approximate surface area is 173 Å². The third kappa shape index (κ3) is 5.73. The lowest BCUT2D eigenvalue weighted by atomic mass is 10.2. The maximum absolute atomic E-state index is 13.1. The second kappa shape index (κ2) is 9.31. The van der Waals surface area contributed by atoms with Crippen LogP contribution in [0.2, 0.25) is 0 Å². The monoisotopic (exact) mass is 426 g/mol. The molecule has 0 aliphatic carbocycles. The van der Waals surface area contributed by atoms with Gasteiger partial charge in [0, 0.05) is 5.69 Å². The number of aromatic amines is 1. The van der Waals surface area contributed by atoms with Crippen molar-refractivity contribution in [1.82, 2.24) is 9.97 Å². The van der Waals surface area contributed by atoms with E-state index >= 15 is 0 Å². The summed E-state index contributed by atoms with van der Waals surface area (Å²) in [6.45, 7) is -0.279. The van der Waals surface area contributed by atoms with Crippen molar-refractivity contribution in [2.24, 2.45) is 0 Å². The van der Waals surface area contributed by atoms with Gasteiger partial charge in [-0.1, -0.05) is 24.3 Å². The Morgan fingerprint density at radius 3 is 2.65 bits per heavy atom. The average Bonchev–Trinajstić information content (AvgIpc) is 2.71. The minimum atomic E-state index is -1.07. The van der Waals surface area contributed by atoms with Crippen LogP contribution in [0.15, 0.2) is 53.3 Å². The second-order valence-corrected chi connectivity index (χ2v) is 6.13. The molecule has 0 saturated heterocycles. The molecule has 3 rings (SSSR count). The SMILES string of the molecule is O=C(COc1ccc(/C=C/c2nc(O)c([N+](=O)[O-])c(=O)[nH]2)cc1)Nc1cccc(F)c1. The van der Waals surface area contributed by atoms with Crippen molar-refractivity contribution >= 4 is 29.4 Å². The predicted molar refractivity (Wildman–Crippen MR) is 109 cm³/mol. The van der Waals surface area contributed by atoms with Gasteiger partial charge in [0.25, 0.3) is 11.8 Å². The van der Waals surface area contributed by atoms with Crippen molar-refractivity contribution in [1.29, 1.82) is 0 Å². The summed E-state index contributed by atoms with van der Waals surface area (Å²) >= 11 is 0. The van der Waals surface area contributed by atoms with Gasteiger partial charge in [0.05, 0.1) is 4.92 Å². The van der Waals surface area contributed by atoms with Gasteiger partial charge < -0.3 is 20.1 Å². The number of anilines is 1. The van der Waals surface area contributed by atoms with E-state index in [1.54, 1.807) is 36.4 Å². The Morgan fingerprint density at radius 2 is 2.00 bits per heavy atom. The van der Waals surface area contributed by atoms with Gasteiger partial charge in [0.1, 0.15) is 17.4 Å². The average molecular weight is 426 g/mol. The molecule has 0 aliphatic rings. The number of aromatic hydroxyl groups is 1. The smallest absolute Gasteiger partial charge is 0.395 e. The van der Waals surface area contributed by atoms with E-state index in [-0.39, 0.29) is 12.4 Å². The summed E-state index contributed by atoms with van der Waals surface area (Å²) in [7, 11) is 0. The number of carbonyl (C=O) groups is 1. The Balaban J connectivity index is 1.58. The number of benzene rings is 2. The van der Waals surface area contributed by atoms with E-state index in [0.29, 0.717) is 17.0 Å². The van der Waals surface area contributed by atoms with E-state index in [0.717, 1.165) is 0 Å². The highest BCUT2D eigenvalue weighted by Crippen LogP contribution is 2.18. The molecule has 0 bridgehead atoms. The molecule has 1 aromatic heterocycles. The van der Waals surface area contributed by atoms with Crippen LogP contribution < -0.4 is 15.6 Å². The van der Waals surface area contributed by atoms with Crippen LogP contribution in [0.5, 0.6) is 11.6 Å². The first-order valence-corrected chi connectivity index (χ1v) is 8.76. The van der Waals surface area contributed by atoms with Gasteiger partial charge in [-0.15, -0.1) is 0 Å². The molecule has 0 aliphatic heterocycles. The lowest BCUT2D eigenvalue weighted by Crippen LogP contribution is -2.20. The number of hydrogen-bond donors (Lipinski definition) is 3. The number of nitrogens with zero attached hydrogens (tertiary/aromatic N) is 2. The zero-order valence-corrected chi connectivity index (χ0v) is 15.7. The van der Waals surface area contributed by atoms with Gasteiger partial charge >= 0.3 is 11.2 Å². The molecule has 2 aromatic carbocycles. The Bertz CT molecular complexity index is 1210. The van der Waals surface area contributed by atoms with Crippen LogP contribution in [0.4, 0.5) is 15.8 Å². The molecule has 0 radical (unpaired) electrons. The number of halogens is 1. The zero-order valence-electron chi connectivity index (χ0n) is 15.7. The summed E-state index contributed by atoms with van der Waals surface area (Å²) in [6, 6.07) is 12.0. The fourth-order valence-corrected chi connectivity index (χ4v) is 2.48. The molecule has 31 heavy (non-hydrogen) atoms. The summed E-state index contributed by atoms with van der Waals surface area (Å²) in [4.78, 5) is 38.9. The summed E-state index contributed by atoms with van der Waals surface area (Å²) in [5, 5.41) is 22.7. The number of hydrogen-bond acceptors (Lipinski definition) is 7. The maximum atomic E-state index is 13.1. The number of ether oxygens (including phenoxy) is 1. The lowest BCUT2D eigenvalue weighted by Gasteiger charge is -2.08. The van der Waals surface area contributed by atoms with Crippen molar-refractivity contribution in [3.8, 4) is 11.6 Å². The molecule has 1 heterocycles. The van der Waals surface area contributed by atoms with E-state index in [1.165, 1.54) is 24.3 Å². The molecule has 0 fully saturated rings. The number of aromatic nitrogens is 2. The zero-order chi connectivity index (χ0) is 22.4. The largest absolute Gasteiger partial charge is 0.488 e. The normalized spacial score (nSPS) is 10.7. The Hall–Kier alpha value is -4.54. The highest BCUT2D eigenvalue weighted by molar-refractivity contribution is 5.91. The minimum Gasteiger partial charge on any atom is -0.488 e. The third-order valence-electron chi connectivity index (χ3n) is 3.87. The fraction of sp³-hybridized carbons (Fsp3) is 0.0500. The van der Waals surface area contributed by atoms with Crippen LogP contribution >= 0.6 is 0 Å². The van der Waals surface area contributed by atoms with Crippen molar-refractivity contribution in [2.75, 3.05) is 11.9 Å². The van der Waals surface area contributed by atoms with E-state index in [9.17, 15) is 29.2 Å². The predicted octanol–water partition coefficient (Wildman–Crippen LogP) is 2.71. The summed E-state index contributed by atoms with van der Waals surface area (Å²) in [5.41, 5.74) is -1.12. The number of nitro groups is 1. The van der Waals surface area contributed by atoms with Gasteiger partial charge in [-0.05, 0) is 42.0 Å². The van der Waals surface area contributed by atoms with Crippen LogP contribution in [-0.4, -0.2) is 32.5 Å². The van der Waals surface area contributed by atoms with Gasteiger partial charge in [0.15, 0.2) is 6.61 Å². The molecule has 0 unspecified atom stereocenters. The van der Waals surface area contributed by atoms with Gasteiger partial charge in [0.2, 0.25) is 0 Å². The van der Waals surface area contributed by atoms with E-state index in [2.05, 4.69) is 15.3 Å². The Kier molecular flexibility index (Phi) is 6.36. The molecular formula is C20H15FN4O6. The topological polar surface area (TPSA) is 147 Å². The lowest BCUT2D eigenvalue weighted by molar-refractivity contribution is -0.387. The molecule has 0 atom stereocenters. The van der Waals surface area contributed by atoms with Crippen molar-refractivity contribution in [3.05, 3.63) is 86.2 Å². The summed E-state index contributed by atoms with van der Waals surface area (Å²) in [5.74, 6) is -1.56. The maximum Gasteiger partial charge on any atom is 0.395 e.